The number of hydrogen-bond donors (Lipinski definition) is 1. The van der Waals surface area contributed by atoms with Gasteiger partial charge in [0.15, 0.2) is 16.0 Å². The summed E-state index contributed by atoms with van der Waals surface area (Å²) in [6.07, 6.45) is -4.30. The molecule has 3 unspecified atom stereocenters. The fourth-order valence-corrected chi connectivity index (χ4v) is 5.17. The zero-order chi connectivity index (χ0) is 18.2. The Bertz CT molecular complexity index is 732. The Kier molecular flexibility index (Phi) is 5.43. The van der Waals surface area contributed by atoms with Crippen LogP contribution in [0.4, 0.5) is 13.2 Å². The first kappa shape index (κ1) is 19.4. The molecule has 5 nitrogen and oxygen atoms in total. The highest BCUT2D eigenvalue weighted by Crippen LogP contribution is 2.39. The van der Waals surface area contributed by atoms with E-state index in [0.29, 0.717) is 12.5 Å². The lowest BCUT2D eigenvalue weighted by Gasteiger charge is -2.37. The first-order chi connectivity index (χ1) is 11.0. The highest BCUT2D eigenvalue weighted by Gasteiger charge is 2.46. The lowest BCUT2D eigenvalue weighted by atomic mass is 9.98. The first-order valence-corrected chi connectivity index (χ1v) is 9.85. The van der Waals surface area contributed by atoms with Crippen molar-refractivity contribution in [3.05, 3.63) is 29.8 Å². The van der Waals surface area contributed by atoms with Crippen molar-refractivity contribution in [2.45, 2.75) is 35.8 Å². The quantitative estimate of drug-likeness (QED) is 0.805. The molecule has 1 aliphatic rings. The summed E-state index contributed by atoms with van der Waals surface area (Å²) in [4.78, 5) is -2.22. The number of halogens is 3. The fourth-order valence-electron chi connectivity index (χ4n) is 2.75. The van der Waals surface area contributed by atoms with E-state index >= 15 is 0 Å². The smallest absolute Gasteiger partial charge is 0.359 e. The fraction of sp³-hybridized carbons (Fsp3) is 0.571. The largest absolute Gasteiger partial charge is 0.416 e. The molecule has 1 saturated heterocycles. The second-order valence-electron chi connectivity index (χ2n) is 5.86. The van der Waals surface area contributed by atoms with E-state index in [2.05, 4.69) is 0 Å². The van der Waals surface area contributed by atoms with Crippen molar-refractivity contribution < 1.29 is 35.1 Å². The minimum atomic E-state index is -4.66. The van der Waals surface area contributed by atoms with Crippen LogP contribution in [0.25, 0.3) is 0 Å². The minimum Gasteiger partial charge on any atom is -0.359 e. The Morgan fingerprint density at radius 3 is 2.67 bits per heavy atom. The predicted octanol–water partition coefficient (Wildman–Crippen LogP) is 2.84. The summed E-state index contributed by atoms with van der Waals surface area (Å²) >= 11 is -2.08. The third-order valence-corrected chi connectivity index (χ3v) is 7.06. The van der Waals surface area contributed by atoms with E-state index in [0.717, 1.165) is 18.2 Å². The van der Waals surface area contributed by atoms with Gasteiger partial charge in [-0.15, -0.1) is 0 Å². The molecule has 0 bridgehead atoms. The van der Waals surface area contributed by atoms with E-state index in [1.165, 1.54) is 6.92 Å². The molecule has 1 fully saturated rings. The zero-order valence-electron chi connectivity index (χ0n) is 12.7. The van der Waals surface area contributed by atoms with Crippen LogP contribution in [0.2, 0.25) is 0 Å². The second-order valence-corrected chi connectivity index (χ2v) is 9.18. The number of rotatable bonds is 4. The molecule has 10 heteroatoms. The molecule has 24 heavy (non-hydrogen) atoms. The zero-order valence-corrected chi connectivity index (χ0v) is 14.4. The van der Waals surface area contributed by atoms with Crippen molar-refractivity contribution in [3.8, 4) is 0 Å². The van der Waals surface area contributed by atoms with Gasteiger partial charge in [0.25, 0.3) is 0 Å². The van der Waals surface area contributed by atoms with Gasteiger partial charge in [-0.1, -0.05) is 6.07 Å². The van der Waals surface area contributed by atoms with Crippen LogP contribution in [-0.4, -0.2) is 34.5 Å². The molecular weight excluding hydrogens is 369 g/mol. The Morgan fingerprint density at radius 1 is 1.42 bits per heavy atom. The normalized spacial score (nSPS) is 27.0. The van der Waals surface area contributed by atoms with Gasteiger partial charge < -0.3 is 9.29 Å². The van der Waals surface area contributed by atoms with Gasteiger partial charge in [-0.2, -0.15) is 13.2 Å². The van der Waals surface area contributed by atoms with Crippen LogP contribution in [-0.2, 0) is 31.8 Å². The van der Waals surface area contributed by atoms with Crippen molar-refractivity contribution in [2.24, 2.45) is 5.92 Å². The number of ether oxygens (including phenoxy) is 1. The van der Waals surface area contributed by atoms with Crippen LogP contribution >= 0.6 is 0 Å². The minimum absolute atomic E-state index is 0.0521. The van der Waals surface area contributed by atoms with Crippen LogP contribution in [0, 0.1) is 5.92 Å². The van der Waals surface area contributed by atoms with E-state index in [-0.39, 0.29) is 24.7 Å². The van der Waals surface area contributed by atoms with Crippen LogP contribution in [0.3, 0.4) is 0 Å². The summed E-state index contributed by atoms with van der Waals surface area (Å²) in [5.41, 5.74) is -1.06. The molecule has 0 amide bonds. The average Bonchev–Trinajstić information content (AvgIpc) is 2.45. The van der Waals surface area contributed by atoms with Crippen LogP contribution in [0.1, 0.15) is 25.3 Å². The maximum Gasteiger partial charge on any atom is 0.416 e. The summed E-state index contributed by atoms with van der Waals surface area (Å²) in [5, 5.41) is 0. The van der Waals surface area contributed by atoms with Crippen molar-refractivity contribution in [1.82, 2.24) is 0 Å². The second kappa shape index (κ2) is 6.74. The maximum absolute atomic E-state index is 12.8. The lowest BCUT2D eigenvalue weighted by molar-refractivity contribution is -0.137. The molecule has 1 aromatic carbocycles. The van der Waals surface area contributed by atoms with Crippen LogP contribution < -0.4 is 0 Å². The predicted molar refractivity (Wildman–Crippen MR) is 81.3 cm³/mol. The Hall–Kier alpha value is -0.970. The van der Waals surface area contributed by atoms with Gasteiger partial charge in [-0.25, -0.2) is 12.6 Å². The van der Waals surface area contributed by atoms with Crippen molar-refractivity contribution in [2.75, 3.05) is 12.4 Å². The number of alkyl halides is 3. The maximum atomic E-state index is 12.8. The molecule has 0 spiro atoms. The highest BCUT2D eigenvalue weighted by molar-refractivity contribution is 7.92. The van der Waals surface area contributed by atoms with E-state index in [1.54, 1.807) is 0 Å². The summed E-state index contributed by atoms with van der Waals surface area (Å²) in [5.74, 6) is -0.466. The monoisotopic (exact) mass is 386 g/mol. The Balaban J connectivity index is 2.37. The van der Waals surface area contributed by atoms with E-state index in [1.807, 2.05) is 0 Å². The number of sulfone groups is 1. The topological polar surface area (TPSA) is 80.7 Å². The lowest BCUT2D eigenvalue weighted by Crippen LogP contribution is -2.45. The third kappa shape index (κ3) is 3.98. The molecule has 0 radical (unpaired) electrons. The molecule has 0 aliphatic carbocycles. The standard InChI is InChI=1S/C14H17F3O5S2/c1-13(8-10(5-6-22-13)9-23(18)19)24(20,21)12-4-2-3-11(7-12)14(15,16)17/h2-4,7,10H,5-6,8-9H2,1H3,(H,18,19). The van der Waals surface area contributed by atoms with Crippen molar-refractivity contribution in [1.29, 1.82) is 0 Å². The van der Waals surface area contributed by atoms with Crippen LogP contribution in [0.5, 0.6) is 0 Å². The highest BCUT2D eigenvalue weighted by atomic mass is 32.2. The van der Waals surface area contributed by atoms with Gasteiger partial charge in [0.05, 0.1) is 16.2 Å². The molecule has 3 atom stereocenters. The summed E-state index contributed by atoms with van der Waals surface area (Å²) < 4.78 is 89.3. The molecule has 2 rings (SSSR count). The molecule has 1 heterocycles. The van der Waals surface area contributed by atoms with Gasteiger partial charge >= 0.3 is 6.18 Å². The van der Waals surface area contributed by atoms with E-state index in [9.17, 15) is 25.8 Å². The van der Waals surface area contributed by atoms with E-state index in [4.69, 9.17) is 9.29 Å². The van der Waals surface area contributed by atoms with Gasteiger partial charge in [-0.05, 0) is 43.9 Å². The molecule has 1 aromatic rings. The van der Waals surface area contributed by atoms with Crippen LogP contribution in [0.15, 0.2) is 29.2 Å². The molecule has 136 valence electrons. The number of hydrogen-bond acceptors (Lipinski definition) is 4. The average molecular weight is 386 g/mol. The SMILES string of the molecule is CC1(S(=O)(=O)c2cccc(C(F)(F)F)c2)CC(CS(=O)O)CCO1. The Labute approximate surface area is 140 Å². The molecule has 1 aliphatic heterocycles. The number of benzene rings is 1. The van der Waals surface area contributed by atoms with Gasteiger partial charge in [0, 0.05) is 6.61 Å². The first-order valence-electron chi connectivity index (χ1n) is 7.09. The van der Waals surface area contributed by atoms with Crippen molar-refractivity contribution >= 4 is 20.9 Å². The van der Waals surface area contributed by atoms with Gasteiger partial charge in [-0.3, -0.25) is 0 Å². The summed E-state index contributed by atoms with van der Waals surface area (Å²) in [6, 6.07) is 3.49. The molecule has 1 N–H and O–H groups in total. The van der Waals surface area contributed by atoms with Gasteiger partial charge in [0.2, 0.25) is 9.84 Å². The summed E-state index contributed by atoms with van der Waals surface area (Å²) in [7, 11) is -4.22. The van der Waals surface area contributed by atoms with E-state index < -0.39 is 42.5 Å². The van der Waals surface area contributed by atoms with Gasteiger partial charge in [0.1, 0.15) is 0 Å². The molecular formula is C14H17F3O5S2. The molecule has 0 saturated carbocycles. The van der Waals surface area contributed by atoms with Crippen molar-refractivity contribution in [3.63, 3.8) is 0 Å². The molecule has 0 aromatic heterocycles. The summed E-state index contributed by atoms with van der Waals surface area (Å²) in [6.45, 7) is 1.34. The Morgan fingerprint density at radius 2 is 2.08 bits per heavy atom. The third-order valence-electron chi connectivity index (χ3n) is 4.01.